The summed E-state index contributed by atoms with van der Waals surface area (Å²) in [6.45, 7) is 1.77. The van der Waals surface area contributed by atoms with Crippen molar-refractivity contribution in [2.24, 2.45) is 5.73 Å². The van der Waals surface area contributed by atoms with Crippen molar-refractivity contribution >= 4 is 33.6 Å². The van der Waals surface area contributed by atoms with Crippen LogP contribution in [0, 0.1) is 0 Å². The summed E-state index contributed by atoms with van der Waals surface area (Å²) >= 11 is 4.74. The van der Waals surface area contributed by atoms with Crippen molar-refractivity contribution in [3.8, 4) is 5.69 Å². The van der Waals surface area contributed by atoms with Crippen molar-refractivity contribution < 1.29 is 4.79 Å². The third-order valence-corrected chi connectivity index (χ3v) is 4.02. The number of primary amides is 1. The molecule has 0 radical (unpaired) electrons. The van der Waals surface area contributed by atoms with Crippen molar-refractivity contribution in [3.05, 3.63) is 41.1 Å². The van der Waals surface area contributed by atoms with E-state index in [1.54, 1.807) is 13.1 Å². The number of hydrogen-bond donors (Lipinski definition) is 1. The molecule has 0 saturated carbocycles. The van der Waals surface area contributed by atoms with Gasteiger partial charge in [-0.15, -0.1) is 0 Å². The van der Waals surface area contributed by atoms with Crippen molar-refractivity contribution in [1.29, 1.82) is 0 Å². The van der Waals surface area contributed by atoms with Crippen LogP contribution in [-0.2, 0) is 4.79 Å². The lowest BCUT2D eigenvalue weighted by Crippen LogP contribution is -2.22. The van der Waals surface area contributed by atoms with E-state index in [0.717, 1.165) is 15.3 Å². The fraction of sp³-hybridized carbons (Fsp3) is 0.167. The Kier molecular flexibility index (Phi) is 4.08. The van der Waals surface area contributed by atoms with Gasteiger partial charge < -0.3 is 5.73 Å². The first-order valence-corrected chi connectivity index (χ1v) is 7.00. The Morgan fingerprint density at radius 3 is 2.72 bits per heavy atom. The van der Waals surface area contributed by atoms with Gasteiger partial charge in [0.1, 0.15) is 0 Å². The van der Waals surface area contributed by atoms with Crippen LogP contribution in [-0.4, -0.2) is 20.7 Å². The van der Waals surface area contributed by atoms with Crippen LogP contribution in [0.3, 0.4) is 0 Å². The van der Waals surface area contributed by atoms with E-state index in [2.05, 4.69) is 20.9 Å². The lowest BCUT2D eigenvalue weighted by molar-refractivity contribution is -0.117. The molecule has 0 fully saturated rings. The largest absolute Gasteiger partial charge is 0.369 e. The smallest absolute Gasteiger partial charge is 0.230 e. The molecule has 0 spiro atoms. The zero-order valence-electron chi connectivity index (χ0n) is 9.71. The molecule has 2 rings (SSSR count). The third kappa shape index (κ3) is 2.94. The second kappa shape index (κ2) is 5.58. The Hall–Kier alpha value is -1.27. The number of nitrogens with two attached hydrogens (primary N) is 1. The molecule has 6 heteroatoms. The number of imidazole rings is 1. The van der Waals surface area contributed by atoms with E-state index in [9.17, 15) is 4.79 Å². The van der Waals surface area contributed by atoms with E-state index in [1.165, 1.54) is 11.8 Å². The lowest BCUT2D eigenvalue weighted by Gasteiger charge is -2.10. The number of aromatic nitrogens is 2. The summed E-state index contributed by atoms with van der Waals surface area (Å²) in [5.41, 5.74) is 6.25. The molecule has 94 valence electrons. The predicted octanol–water partition coefficient (Wildman–Crippen LogP) is 2.60. The molecule has 1 aromatic heterocycles. The molecule has 0 aliphatic rings. The summed E-state index contributed by atoms with van der Waals surface area (Å²) in [7, 11) is 0. The number of nitrogens with zero attached hydrogens (tertiary/aromatic N) is 2. The molecule has 0 aliphatic heterocycles. The van der Waals surface area contributed by atoms with Crippen molar-refractivity contribution in [2.75, 3.05) is 0 Å². The molecule has 18 heavy (non-hydrogen) atoms. The Balaban J connectivity index is 2.27. The first-order chi connectivity index (χ1) is 8.58. The van der Waals surface area contributed by atoms with Crippen LogP contribution in [0.2, 0.25) is 0 Å². The number of rotatable bonds is 4. The molecule has 2 aromatic rings. The lowest BCUT2D eigenvalue weighted by atomic mass is 10.3. The maximum Gasteiger partial charge on any atom is 0.230 e. The number of carbonyl (C=O) groups excluding carboxylic acids is 1. The summed E-state index contributed by atoms with van der Waals surface area (Å²) in [5.74, 6) is -0.342. The van der Waals surface area contributed by atoms with Crippen LogP contribution in [0.5, 0.6) is 0 Å². The van der Waals surface area contributed by atoms with Gasteiger partial charge in [-0.25, -0.2) is 4.98 Å². The fourth-order valence-corrected chi connectivity index (χ4v) is 2.49. The average Bonchev–Trinajstić information content (AvgIpc) is 2.78. The van der Waals surface area contributed by atoms with E-state index in [-0.39, 0.29) is 11.2 Å². The molecule has 1 atom stereocenters. The summed E-state index contributed by atoms with van der Waals surface area (Å²) in [5, 5.41) is 0.449. The Labute approximate surface area is 118 Å². The molecule has 1 aromatic carbocycles. The van der Waals surface area contributed by atoms with Gasteiger partial charge in [0.2, 0.25) is 5.91 Å². The Morgan fingerprint density at radius 1 is 1.44 bits per heavy atom. The molecule has 4 nitrogen and oxygen atoms in total. The van der Waals surface area contributed by atoms with E-state index in [0.29, 0.717) is 0 Å². The number of hydrogen-bond acceptors (Lipinski definition) is 3. The number of amides is 1. The summed E-state index contributed by atoms with van der Waals surface area (Å²) in [6, 6.07) is 7.87. The van der Waals surface area contributed by atoms with Gasteiger partial charge >= 0.3 is 0 Å². The van der Waals surface area contributed by atoms with Crippen LogP contribution in [0.15, 0.2) is 46.3 Å². The SMILES string of the molecule is CC(Sc1nccn1-c1ccc(Br)cc1)C(N)=O. The van der Waals surface area contributed by atoms with Gasteiger partial charge in [-0.3, -0.25) is 9.36 Å². The highest BCUT2D eigenvalue weighted by Crippen LogP contribution is 2.24. The summed E-state index contributed by atoms with van der Waals surface area (Å²) < 4.78 is 2.95. The molecule has 0 aliphatic carbocycles. The van der Waals surface area contributed by atoms with Crippen LogP contribution < -0.4 is 5.73 Å². The molecular weight excluding hydrogens is 314 g/mol. The average molecular weight is 326 g/mol. The second-order valence-electron chi connectivity index (χ2n) is 3.72. The number of thioether (sulfide) groups is 1. The molecule has 2 N–H and O–H groups in total. The maximum atomic E-state index is 11.1. The van der Waals surface area contributed by atoms with E-state index in [1.807, 2.05) is 35.0 Å². The number of carbonyl (C=O) groups is 1. The first-order valence-electron chi connectivity index (χ1n) is 5.33. The van der Waals surface area contributed by atoms with Gasteiger partial charge in [-0.2, -0.15) is 0 Å². The predicted molar refractivity (Wildman–Crippen MR) is 75.8 cm³/mol. The molecule has 1 amide bonds. The minimum absolute atomic E-state index is 0.304. The van der Waals surface area contributed by atoms with Gasteiger partial charge in [0.15, 0.2) is 5.16 Å². The Bertz CT molecular complexity index is 553. The van der Waals surface area contributed by atoms with Gasteiger partial charge in [0.05, 0.1) is 5.25 Å². The topological polar surface area (TPSA) is 60.9 Å². The molecule has 0 saturated heterocycles. The van der Waals surface area contributed by atoms with Gasteiger partial charge in [0.25, 0.3) is 0 Å². The minimum atomic E-state index is -0.342. The van der Waals surface area contributed by atoms with Crippen LogP contribution in [0.1, 0.15) is 6.92 Å². The number of benzene rings is 1. The van der Waals surface area contributed by atoms with Crippen LogP contribution >= 0.6 is 27.7 Å². The van der Waals surface area contributed by atoms with E-state index in [4.69, 9.17) is 5.73 Å². The van der Waals surface area contributed by atoms with Crippen LogP contribution in [0.4, 0.5) is 0 Å². The molecule has 0 bridgehead atoms. The van der Waals surface area contributed by atoms with Gasteiger partial charge in [-0.1, -0.05) is 27.7 Å². The summed E-state index contributed by atoms with van der Waals surface area (Å²) in [6.07, 6.45) is 3.57. The zero-order valence-corrected chi connectivity index (χ0v) is 12.1. The minimum Gasteiger partial charge on any atom is -0.369 e. The van der Waals surface area contributed by atoms with E-state index < -0.39 is 0 Å². The van der Waals surface area contributed by atoms with Crippen molar-refractivity contribution in [2.45, 2.75) is 17.3 Å². The van der Waals surface area contributed by atoms with Crippen LogP contribution in [0.25, 0.3) is 5.69 Å². The zero-order chi connectivity index (χ0) is 13.1. The van der Waals surface area contributed by atoms with Gasteiger partial charge in [0, 0.05) is 22.6 Å². The van der Waals surface area contributed by atoms with Gasteiger partial charge in [-0.05, 0) is 31.2 Å². The fourth-order valence-electron chi connectivity index (χ4n) is 1.39. The second-order valence-corrected chi connectivity index (χ2v) is 5.94. The normalized spacial score (nSPS) is 12.3. The van der Waals surface area contributed by atoms with Crippen molar-refractivity contribution in [1.82, 2.24) is 9.55 Å². The third-order valence-electron chi connectivity index (χ3n) is 2.39. The molecule has 1 unspecified atom stereocenters. The van der Waals surface area contributed by atoms with E-state index >= 15 is 0 Å². The number of halogens is 1. The standard InChI is InChI=1S/C12H12BrN3OS/c1-8(11(14)17)18-12-15-6-7-16(12)10-4-2-9(13)3-5-10/h2-8H,1H3,(H2,14,17). The summed E-state index contributed by atoms with van der Waals surface area (Å²) in [4.78, 5) is 15.3. The highest BCUT2D eigenvalue weighted by molar-refractivity contribution is 9.10. The monoisotopic (exact) mass is 325 g/mol. The molecular formula is C12H12BrN3OS. The maximum absolute atomic E-state index is 11.1. The quantitative estimate of drug-likeness (QED) is 0.879. The van der Waals surface area contributed by atoms with Crippen molar-refractivity contribution in [3.63, 3.8) is 0 Å². The Morgan fingerprint density at radius 2 is 2.11 bits per heavy atom. The highest BCUT2D eigenvalue weighted by Gasteiger charge is 2.14. The first kappa shape index (κ1) is 13.2. The molecule has 1 heterocycles. The highest BCUT2D eigenvalue weighted by atomic mass is 79.9.